The van der Waals surface area contributed by atoms with Crippen LogP contribution in [0.25, 0.3) is 0 Å². The number of nitrogens with zero attached hydrogens (tertiary/aromatic N) is 3. The second kappa shape index (κ2) is 8.96. The summed E-state index contributed by atoms with van der Waals surface area (Å²) < 4.78 is 0. The van der Waals surface area contributed by atoms with Crippen molar-refractivity contribution in [1.29, 1.82) is 0 Å². The molecule has 2 unspecified atom stereocenters. The van der Waals surface area contributed by atoms with E-state index in [0.717, 1.165) is 38.0 Å². The second-order valence-electron chi connectivity index (χ2n) is 9.22. The van der Waals surface area contributed by atoms with Crippen molar-refractivity contribution in [3.05, 3.63) is 30.3 Å². The van der Waals surface area contributed by atoms with Gasteiger partial charge in [0.2, 0.25) is 5.91 Å². The molecule has 4 amide bonds. The van der Waals surface area contributed by atoms with Gasteiger partial charge in [0.1, 0.15) is 5.54 Å². The van der Waals surface area contributed by atoms with Gasteiger partial charge in [-0.1, -0.05) is 38.5 Å². The first-order chi connectivity index (χ1) is 14.9. The number of hydrogen-bond donors (Lipinski definition) is 2. The molecule has 2 N–H and O–H groups in total. The molecule has 1 aromatic carbocycles. The smallest absolute Gasteiger partial charge is 0.325 e. The Kier molecular flexibility index (Phi) is 6.29. The summed E-state index contributed by atoms with van der Waals surface area (Å²) in [5.74, 6) is 0.202. The summed E-state index contributed by atoms with van der Waals surface area (Å²) in [6.45, 7) is 7.70. The molecule has 1 aliphatic carbocycles. The molecule has 0 bridgehead atoms. The van der Waals surface area contributed by atoms with Crippen LogP contribution in [0.1, 0.15) is 33.1 Å². The first-order valence-corrected chi connectivity index (χ1v) is 11.3. The molecule has 1 aromatic rings. The summed E-state index contributed by atoms with van der Waals surface area (Å²) in [7, 11) is 0. The van der Waals surface area contributed by atoms with E-state index in [2.05, 4.69) is 34.3 Å². The number of rotatable bonds is 5. The molecule has 168 valence electrons. The highest BCUT2D eigenvalue weighted by Crippen LogP contribution is 2.42. The molecule has 8 heteroatoms. The van der Waals surface area contributed by atoms with Gasteiger partial charge in [0, 0.05) is 31.9 Å². The van der Waals surface area contributed by atoms with Crippen molar-refractivity contribution in [1.82, 2.24) is 20.0 Å². The summed E-state index contributed by atoms with van der Waals surface area (Å²) in [5, 5.41) is 5.98. The summed E-state index contributed by atoms with van der Waals surface area (Å²) in [5.41, 5.74) is 0.0527. The molecular weight excluding hydrogens is 394 g/mol. The van der Waals surface area contributed by atoms with E-state index in [4.69, 9.17) is 0 Å². The van der Waals surface area contributed by atoms with Crippen molar-refractivity contribution in [2.24, 2.45) is 11.8 Å². The van der Waals surface area contributed by atoms with Gasteiger partial charge >= 0.3 is 6.03 Å². The predicted octanol–water partition coefficient (Wildman–Crippen LogP) is 1.95. The molecular formula is C23H33N5O3. The monoisotopic (exact) mass is 427 g/mol. The van der Waals surface area contributed by atoms with Gasteiger partial charge in [0.05, 0.1) is 13.2 Å². The number of piperazine rings is 1. The van der Waals surface area contributed by atoms with Crippen molar-refractivity contribution >= 4 is 23.5 Å². The Morgan fingerprint density at radius 1 is 1.03 bits per heavy atom. The summed E-state index contributed by atoms with van der Waals surface area (Å²) >= 11 is 0. The average molecular weight is 428 g/mol. The maximum absolute atomic E-state index is 13.3. The SMILES string of the molecule is CC1CCCC(C)C12NC(=O)N(CN1CCN(CC(=O)Nc3ccccc3)CC1)C2=O. The van der Waals surface area contributed by atoms with Crippen LogP contribution < -0.4 is 10.6 Å². The molecule has 2 aliphatic heterocycles. The Morgan fingerprint density at radius 3 is 2.29 bits per heavy atom. The van der Waals surface area contributed by atoms with E-state index < -0.39 is 5.54 Å². The molecule has 3 fully saturated rings. The van der Waals surface area contributed by atoms with Crippen LogP contribution in [-0.4, -0.2) is 77.5 Å². The Bertz CT molecular complexity index is 812. The number of imide groups is 1. The number of urea groups is 1. The molecule has 2 saturated heterocycles. The lowest BCUT2D eigenvalue weighted by atomic mass is 9.67. The maximum atomic E-state index is 13.3. The minimum atomic E-state index is -0.743. The third-order valence-electron chi connectivity index (χ3n) is 7.22. The number of carbonyl (C=O) groups is 3. The maximum Gasteiger partial charge on any atom is 0.326 e. The molecule has 1 spiro atoms. The topological polar surface area (TPSA) is 85.0 Å². The van der Waals surface area contributed by atoms with E-state index in [1.165, 1.54) is 4.90 Å². The Labute approximate surface area is 183 Å². The fourth-order valence-electron chi connectivity index (χ4n) is 5.30. The van der Waals surface area contributed by atoms with Crippen LogP contribution in [0, 0.1) is 11.8 Å². The Hall–Kier alpha value is -2.45. The van der Waals surface area contributed by atoms with Gasteiger partial charge in [0.25, 0.3) is 5.91 Å². The van der Waals surface area contributed by atoms with Crippen LogP contribution in [-0.2, 0) is 9.59 Å². The largest absolute Gasteiger partial charge is 0.326 e. The third-order valence-corrected chi connectivity index (χ3v) is 7.22. The Balaban J connectivity index is 1.28. The second-order valence-corrected chi connectivity index (χ2v) is 9.22. The van der Waals surface area contributed by atoms with E-state index >= 15 is 0 Å². The van der Waals surface area contributed by atoms with Crippen molar-refractivity contribution in [2.45, 2.75) is 38.6 Å². The van der Waals surface area contributed by atoms with E-state index in [1.54, 1.807) is 0 Å². The first kappa shape index (κ1) is 21.8. The molecule has 4 rings (SSSR count). The number of hydrogen-bond acceptors (Lipinski definition) is 5. The fraction of sp³-hybridized carbons (Fsp3) is 0.609. The standard InChI is InChI=1S/C23H33N5O3/c1-17-7-6-8-18(2)23(17)21(30)28(22(31)25-23)16-27-13-11-26(12-14-27)15-20(29)24-19-9-4-3-5-10-19/h3-5,9-10,17-18H,6-8,11-16H2,1-2H3,(H,24,29)(H,25,31). The zero-order valence-electron chi connectivity index (χ0n) is 18.5. The van der Waals surface area contributed by atoms with Crippen molar-refractivity contribution in [3.63, 3.8) is 0 Å². The van der Waals surface area contributed by atoms with Gasteiger partial charge in [-0.15, -0.1) is 0 Å². The first-order valence-electron chi connectivity index (χ1n) is 11.3. The predicted molar refractivity (Wildman–Crippen MR) is 118 cm³/mol. The summed E-state index contributed by atoms with van der Waals surface area (Å²) in [6.07, 6.45) is 3.04. The third kappa shape index (κ3) is 4.32. The summed E-state index contributed by atoms with van der Waals surface area (Å²) in [6, 6.07) is 9.17. The molecule has 8 nitrogen and oxygen atoms in total. The van der Waals surface area contributed by atoms with Crippen LogP contribution in [0.4, 0.5) is 10.5 Å². The van der Waals surface area contributed by atoms with Crippen molar-refractivity contribution in [2.75, 3.05) is 44.7 Å². The number of nitrogens with one attached hydrogen (secondary N) is 2. The molecule has 31 heavy (non-hydrogen) atoms. The van der Waals surface area contributed by atoms with Gasteiger partial charge < -0.3 is 10.6 Å². The van der Waals surface area contributed by atoms with Gasteiger partial charge in [-0.25, -0.2) is 9.69 Å². The van der Waals surface area contributed by atoms with E-state index in [-0.39, 0.29) is 29.7 Å². The lowest BCUT2D eigenvalue weighted by molar-refractivity contribution is -0.138. The highest BCUT2D eigenvalue weighted by Gasteiger charge is 2.58. The zero-order chi connectivity index (χ0) is 22.0. The number of anilines is 1. The normalized spacial score (nSPS) is 29.9. The van der Waals surface area contributed by atoms with Crippen molar-refractivity contribution in [3.8, 4) is 0 Å². The molecule has 0 radical (unpaired) electrons. The Morgan fingerprint density at radius 2 is 1.65 bits per heavy atom. The minimum absolute atomic E-state index is 0.0315. The number of amides is 4. The minimum Gasteiger partial charge on any atom is -0.325 e. The quantitative estimate of drug-likeness (QED) is 0.702. The van der Waals surface area contributed by atoms with Crippen molar-refractivity contribution < 1.29 is 14.4 Å². The number of para-hydroxylation sites is 1. The fourth-order valence-corrected chi connectivity index (χ4v) is 5.30. The molecule has 0 aromatic heterocycles. The lowest BCUT2D eigenvalue weighted by Gasteiger charge is -2.42. The van der Waals surface area contributed by atoms with E-state index in [0.29, 0.717) is 26.3 Å². The molecule has 3 aliphatic rings. The lowest BCUT2D eigenvalue weighted by Crippen LogP contribution is -2.59. The number of carbonyl (C=O) groups excluding carboxylic acids is 3. The van der Waals surface area contributed by atoms with E-state index in [1.807, 2.05) is 30.3 Å². The molecule has 2 heterocycles. The molecule has 1 saturated carbocycles. The highest BCUT2D eigenvalue weighted by atomic mass is 16.2. The van der Waals surface area contributed by atoms with Crippen LogP contribution in [0.3, 0.4) is 0 Å². The van der Waals surface area contributed by atoms with Crippen LogP contribution in [0.15, 0.2) is 30.3 Å². The van der Waals surface area contributed by atoms with E-state index in [9.17, 15) is 14.4 Å². The molecule has 2 atom stereocenters. The zero-order valence-corrected chi connectivity index (χ0v) is 18.5. The van der Waals surface area contributed by atoms with Gasteiger partial charge in [-0.2, -0.15) is 0 Å². The highest BCUT2D eigenvalue weighted by molar-refractivity contribution is 6.07. The summed E-state index contributed by atoms with van der Waals surface area (Å²) in [4.78, 5) is 44.0. The van der Waals surface area contributed by atoms with Gasteiger partial charge in [-0.3, -0.25) is 19.4 Å². The average Bonchev–Trinajstić information content (AvgIpc) is 3.00. The van der Waals surface area contributed by atoms with Crippen LogP contribution in [0.5, 0.6) is 0 Å². The van der Waals surface area contributed by atoms with Gasteiger partial charge in [0.15, 0.2) is 0 Å². The number of benzene rings is 1. The van der Waals surface area contributed by atoms with Crippen LogP contribution >= 0.6 is 0 Å². The van der Waals surface area contributed by atoms with Gasteiger partial charge in [-0.05, 0) is 36.8 Å². The van der Waals surface area contributed by atoms with Crippen LogP contribution in [0.2, 0.25) is 0 Å².